The molecule has 10 aromatic rings. The lowest BCUT2D eigenvalue weighted by atomic mass is 9.94. The van der Waals surface area contributed by atoms with Crippen LogP contribution < -0.4 is 19.8 Å². The lowest BCUT2D eigenvalue weighted by molar-refractivity contribution is -0.372. The highest BCUT2D eigenvalue weighted by Gasteiger charge is 2.60. The molecule has 4 heterocycles. The third-order valence-corrected chi connectivity index (χ3v) is 27.8. The van der Waals surface area contributed by atoms with E-state index in [9.17, 15) is 4.79 Å². The maximum atomic E-state index is 15.7. The van der Waals surface area contributed by atoms with Crippen LogP contribution in [0.15, 0.2) is 285 Å². The zero-order chi connectivity index (χ0) is 85.5. The van der Waals surface area contributed by atoms with E-state index in [0.29, 0.717) is 36.3 Å². The van der Waals surface area contributed by atoms with Gasteiger partial charge in [-0.15, -0.1) is 0 Å². The van der Waals surface area contributed by atoms with Crippen molar-refractivity contribution in [3.05, 3.63) is 335 Å². The summed E-state index contributed by atoms with van der Waals surface area (Å²) in [6.07, 6.45) is -15.5. The van der Waals surface area contributed by atoms with Crippen LogP contribution in [0.25, 0.3) is 0 Å². The lowest BCUT2D eigenvalue weighted by Gasteiger charge is -2.51. The molecule has 0 aromatic heterocycles. The van der Waals surface area contributed by atoms with Crippen molar-refractivity contribution in [3.8, 4) is 11.5 Å². The smallest absolute Gasteiger partial charge is 0.338 e. The predicted molar refractivity (Wildman–Crippen MR) is 462 cm³/mol. The molecule has 15 atom stereocenters. The Hall–Kier alpha value is -10.4. The summed E-state index contributed by atoms with van der Waals surface area (Å²) in [5, 5.41) is 1.36. The molecule has 0 spiro atoms. The van der Waals surface area contributed by atoms with Gasteiger partial charge in [0.2, 0.25) is 0 Å². The maximum Gasteiger partial charge on any atom is 0.338 e. The lowest BCUT2D eigenvalue weighted by Crippen LogP contribution is -2.69. The van der Waals surface area contributed by atoms with E-state index in [1.54, 1.807) is 68.8 Å². The molecule has 3 saturated heterocycles. The molecule has 14 rings (SSSR count). The van der Waals surface area contributed by atoms with Crippen molar-refractivity contribution in [1.82, 2.24) is 4.90 Å². The van der Waals surface area contributed by atoms with Crippen LogP contribution in [0.5, 0.6) is 11.5 Å². The molecule has 2 amide bonds. The quantitative estimate of drug-likeness (QED) is 0.0150. The van der Waals surface area contributed by atoms with E-state index in [2.05, 4.69) is 45.0 Å². The number of imide groups is 1. The number of rotatable bonds is 40. The van der Waals surface area contributed by atoms with E-state index < -0.39 is 130 Å². The minimum atomic E-state index is -3.57. The summed E-state index contributed by atoms with van der Waals surface area (Å²) in [6.45, 7) is 8.11. The van der Waals surface area contributed by atoms with Crippen LogP contribution in [0.1, 0.15) is 118 Å². The van der Waals surface area contributed by atoms with Crippen molar-refractivity contribution in [3.63, 3.8) is 0 Å². The number of carbonyl (C=O) groups excluding carboxylic acids is 4. The molecule has 0 N–H and O–H groups in total. The minimum absolute atomic E-state index is 0.0326. The Kier molecular flexibility index (Phi) is 31.3. The summed E-state index contributed by atoms with van der Waals surface area (Å²) in [4.78, 5) is 59.8. The van der Waals surface area contributed by atoms with Crippen LogP contribution in [0.2, 0.25) is 5.04 Å². The molecular weight excluding hydrogens is 1580 g/mol. The highest BCUT2D eigenvalue weighted by atomic mass is 28.4. The number of esters is 2. The molecule has 4 aliphatic heterocycles. The number of hydrogen-bond donors (Lipinski definition) is 0. The van der Waals surface area contributed by atoms with Crippen LogP contribution in [-0.2, 0) is 115 Å². The van der Waals surface area contributed by atoms with Gasteiger partial charge in [-0.2, -0.15) is 0 Å². The molecule has 23 heteroatoms. The Bertz CT molecular complexity index is 4850. The number of fused-ring (bicyclic) bond motifs is 1. The molecule has 0 radical (unpaired) electrons. The fraction of sp³-hybridized carbons (Fsp3) is 0.360. The summed E-state index contributed by atoms with van der Waals surface area (Å²) >= 11 is 0. The van der Waals surface area contributed by atoms with Gasteiger partial charge in [0.1, 0.15) is 72.5 Å². The van der Waals surface area contributed by atoms with Crippen molar-refractivity contribution in [2.24, 2.45) is 0 Å². The van der Waals surface area contributed by atoms with E-state index in [4.69, 9.17) is 80.2 Å². The molecule has 644 valence electrons. The zero-order valence-electron chi connectivity index (χ0n) is 70.5. The molecule has 10 aromatic carbocycles. The number of ether oxygens (including phenoxy) is 16. The van der Waals surface area contributed by atoms with E-state index in [1.807, 2.05) is 213 Å². The van der Waals surface area contributed by atoms with Gasteiger partial charge in [-0.3, -0.25) is 19.3 Å². The summed E-state index contributed by atoms with van der Waals surface area (Å²) < 4.78 is 120. The first-order valence-electron chi connectivity index (χ1n) is 42.1. The molecular formula is C100H109NO21Si. The second-order valence-corrected chi connectivity index (χ2v) is 36.3. The van der Waals surface area contributed by atoms with Crippen LogP contribution in [0, 0.1) is 0 Å². The highest BCUT2D eigenvalue weighted by Crippen LogP contribution is 2.43. The number of unbranched alkanes of at least 4 members (excludes halogenated alkanes) is 2. The SMILES string of the molecule is COC(=O)CCCCCO[C@@H]1O[C@H](CO[C@@H]2O[C@H](CO[Si](c3ccccc3)(c3ccccc3)C(C)(C)C)[C@H](O[C@H]3O[C@@H](C)[C@@H](OCc4ccccc4)[C@@H](OCc4ccccc4)[C@@H]3OCc3ccccc3)[C@H](OCc3ccc(OC)cc3)[C@H]2OC(=O)c2ccccc2)[C@@H](OCc2ccc(OC)cc2)[C@H](OCc2ccccc2)[C@H]1N1C(=O)c2ccccc2C1=O. The van der Waals surface area contributed by atoms with Crippen molar-refractivity contribution < 1.29 is 99.4 Å². The average molecular weight is 1690 g/mol. The molecule has 3 fully saturated rings. The molecule has 0 unspecified atom stereocenters. The molecule has 0 aliphatic carbocycles. The largest absolute Gasteiger partial charge is 0.497 e. The molecule has 22 nitrogen and oxygen atoms in total. The first-order chi connectivity index (χ1) is 60.1. The summed E-state index contributed by atoms with van der Waals surface area (Å²) in [7, 11) is 0.963. The van der Waals surface area contributed by atoms with Gasteiger partial charge in [0.15, 0.2) is 25.0 Å². The van der Waals surface area contributed by atoms with Crippen molar-refractivity contribution in [1.29, 1.82) is 0 Å². The number of hydrogen-bond acceptors (Lipinski definition) is 21. The Morgan fingerprint density at radius 2 is 0.789 bits per heavy atom. The number of carbonyl (C=O) groups is 4. The molecule has 4 aliphatic rings. The second kappa shape index (κ2) is 43.3. The van der Waals surface area contributed by atoms with Crippen LogP contribution in [-0.4, -0.2) is 170 Å². The van der Waals surface area contributed by atoms with Crippen molar-refractivity contribution in [2.45, 2.75) is 190 Å². The number of benzene rings is 10. The maximum absolute atomic E-state index is 15.7. The summed E-state index contributed by atoms with van der Waals surface area (Å²) in [5.41, 5.74) is 5.47. The Morgan fingerprint density at radius 1 is 0.382 bits per heavy atom. The minimum Gasteiger partial charge on any atom is -0.497 e. The van der Waals surface area contributed by atoms with Crippen LogP contribution in [0.4, 0.5) is 0 Å². The monoisotopic (exact) mass is 1690 g/mol. The summed E-state index contributed by atoms with van der Waals surface area (Å²) in [6, 6.07) is 88.4. The third kappa shape index (κ3) is 22.2. The summed E-state index contributed by atoms with van der Waals surface area (Å²) in [5.74, 6) is -1.08. The second-order valence-electron chi connectivity index (χ2n) is 32.0. The Labute approximate surface area is 720 Å². The first kappa shape index (κ1) is 88.9. The molecule has 0 saturated carbocycles. The van der Waals surface area contributed by atoms with Crippen LogP contribution in [0.3, 0.4) is 0 Å². The van der Waals surface area contributed by atoms with Gasteiger partial charge in [-0.25, -0.2) is 4.79 Å². The normalized spacial score (nSPS) is 23.4. The number of amides is 2. The van der Waals surface area contributed by atoms with Gasteiger partial charge >= 0.3 is 11.9 Å². The van der Waals surface area contributed by atoms with E-state index in [-0.39, 0.29) is 81.9 Å². The Morgan fingerprint density at radius 3 is 1.26 bits per heavy atom. The van der Waals surface area contributed by atoms with Gasteiger partial charge in [-0.1, -0.05) is 264 Å². The number of methoxy groups -OCH3 is 3. The Balaban J connectivity index is 0.927. The fourth-order valence-electron chi connectivity index (χ4n) is 16.4. The van der Waals surface area contributed by atoms with Crippen molar-refractivity contribution >= 4 is 42.4 Å². The standard InChI is InChI=1S/C100H109NO21Si/c1-68-86(110-60-69-34-16-8-17-35-69)90(113-62-71-38-20-10-21-39-71)92(115-63-72-40-22-11-23-41-72)99(118-68)122-88-83(67-117-123(100(2,3)4,78-44-26-13-27-45-78)79-46-28-14-29-47-79)120-98(93(121-96(105)75-42-24-12-25-43-75)91(88)114-65-74-53-57-77(107-6)58-54-74)116-66-82-87(111-64-73-51-55-76(106-5)56-52-73)89(112-61-70-36-18-9-19-37-70)85(97(119-82)109-59-33-15-30-50-84(102)108-7)101-94(103)80-48-31-32-49-81(80)95(101)104/h8-14,16-29,31-32,34-49,51-58,68,82-83,85-93,97-99H,15,30,33,50,59-67H2,1-7H3/t68-,82+,83+,85+,86+,87+,88-,89+,90+,91-,92-,93+,97+,98+,99+/m0/s1. The van der Waals surface area contributed by atoms with Gasteiger partial charge in [-0.05, 0) is 117 Å². The highest BCUT2D eigenvalue weighted by molar-refractivity contribution is 6.99. The van der Waals surface area contributed by atoms with Gasteiger partial charge in [0, 0.05) is 13.0 Å². The fourth-order valence-corrected chi connectivity index (χ4v) is 21.0. The van der Waals surface area contributed by atoms with Gasteiger partial charge < -0.3 is 80.2 Å². The predicted octanol–water partition coefficient (Wildman–Crippen LogP) is 15.3. The molecule has 0 bridgehead atoms. The third-order valence-electron chi connectivity index (χ3n) is 22.8. The first-order valence-corrected chi connectivity index (χ1v) is 44.0. The zero-order valence-corrected chi connectivity index (χ0v) is 71.5. The van der Waals surface area contributed by atoms with Gasteiger partial charge in [0.05, 0.1) is 97.0 Å². The van der Waals surface area contributed by atoms with E-state index in [1.165, 1.54) is 7.11 Å². The average Bonchev–Trinajstić information content (AvgIpc) is 1.71. The topological polar surface area (TPSA) is 228 Å². The van der Waals surface area contributed by atoms with E-state index in [0.717, 1.165) is 43.1 Å². The number of nitrogens with zero attached hydrogens (tertiary/aromatic N) is 1. The van der Waals surface area contributed by atoms with Crippen molar-refractivity contribution in [2.75, 3.05) is 41.2 Å². The van der Waals surface area contributed by atoms with Gasteiger partial charge in [0.25, 0.3) is 20.1 Å². The molecule has 123 heavy (non-hydrogen) atoms. The van der Waals surface area contributed by atoms with E-state index >= 15 is 14.4 Å². The van der Waals surface area contributed by atoms with Crippen LogP contribution >= 0.6 is 0 Å².